The Bertz CT molecular complexity index is 966. The smallest absolute Gasteiger partial charge is 0.137 e. The predicted molar refractivity (Wildman–Crippen MR) is 111 cm³/mol. The van der Waals surface area contributed by atoms with Gasteiger partial charge >= 0.3 is 0 Å². The third kappa shape index (κ3) is 3.23. The van der Waals surface area contributed by atoms with E-state index in [1.165, 1.54) is 80.4 Å². The van der Waals surface area contributed by atoms with Crippen molar-refractivity contribution < 1.29 is 0 Å². The third-order valence-corrected chi connectivity index (χ3v) is 6.18. The summed E-state index contributed by atoms with van der Waals surface area (Å²) in [4.78, 5) is 7.59. The second-order valence-corrected chi connectivity index (χ2v) is 8.13. The maximum absolute atomic E-state index is 6.10. The van der Waals surface area contributed by atoms with Crippen LogP contribution in [0.2, 0.25) is 0 Å². The molecule has 0 spiro atoms. The van der Waals surface area contributed by atoms with Crippen LogP contribution in [0.3, 0.4) is 0 Å². The van der Waals surface area contributed by atoms with E-state index in [-0.39, 0.29) is 0 Å². The lowest BCUT2D eigenvalue weighted by Gasteiger charge is -2.26. The summed E-state index contributed by atoms with van der Waals surface area (Å²) < 4.78 is 2.21. The van der Waals surface area contributed by atoms with Crippen LogP contribution in [-0.4, -0.2) is 27.4 Å². The molecule has 1 aliphatic carbocycles. The number of hydrogen-bond donors (Lipinski definition) is 1. The highest BCUT2D eigenvalue weighted by molar-refractivity contribution is 5.68. The van der Waals surface area contributed by atoms with Crippen LogP contribution in [0.4, 0.5) is 5.69 Å². The van der Waals surface area contributed by atoms with Crippen LogP contribution in [0.15, 0.2) is 36.5 Å². The maximum atomic E-state index is 6.10. The second kappa shape index (κ2) is 7.01. The average Bonchev–Trinajstić information content (AvgIpc) is 3.06. The van der Waals surface area contributed by atoms with Crippen molar-refractivity contribution in [2.45, 2.75) is 51.5 Å². The summed E-state index contributed by atoms with van der Waals surface area (Å²) in [7, 11) is 0. The molecule has 140 valence electrons. The lowest BCUT2D eigenvalue weighted by Crippen LogP contribution is -2.29. The highest BCUT2D eigenvalue weighted by Crippen LogP contribution is 2.31. The van der Waals surface area contributed by atoms with Crippen molar-refractivity contribution >= 4 is 11.3 Å². The van der Waals surface area contributed by atoms with Crippen LogP contribution in [0, 0.1) is 0 Å². The van der Waals surface area contributed by atoms with Crippen LogP contribution in [0.25, 0.3) is 16.9 Å². The van der Waals surface area contributed by atoms with Gasteiger partial charge in [-0.05, 0) is 80.9 Å². The van der Waals surface area contributed by atoms with E-state index >= 15 is 0 Å². The van der Waals surface area contributed by atoms with Gasteiger partial charge in [-0.25, -0.2) is 4.98 Å². The van der Waals surface area contributed by atoms with Gasteiger partial charge in [-0.15, -0.1) is 0 Å². The number of benzene rings is 1. The Morgan fingerprint density at radius 3 is 2.56 bits per heavy atom. The number of nitrogens with two attached hydrogens (primary N) is 1. The predicted octanol–water partition coefficient (Wildman–Crippen LogP) is 4.45. The molecule has 2 aromatic heterocycles. The molecule has 2 N–H and O–H groups in total. The highest BCUT2D eigenvalue weighted by Gasteiger charge is 2.20. The van der Waals surface area contributed by atoms with Gasteiger partial charge in [0, 0.05) is 24.0 Å². The first-order chi connectivity index (χ1) is 13.3. The molecule has 0 radical (unpaired) electrons. The Hall–Kier alpha value is -2.33. The van der Waals surface area contributed by atoms with Gasteiger partial charge in [0.1, 0.15) is 5.65 Å². The fourth-order valence-corrected chi connectivity index (χ4v) is 4.70. The zero-order valence-electron chi connectivity index (χ0n) is 16.0. The molecule has 3 heterocycles. The number of anilines is 1. The van der Waals surface area contributed by atoms with E-state index in [0.717, 1.165) is 23.6 Å². The molecule has 1 aromatic carbocycles. The zero-order chi connectivity index (χ0) is 18.2. The average molecular weight is 361 g/mol. The zero-order valence-corrected chi connectivity index (χ0v) is 16.0. The monoisotopic (exact) mass is 360 g/mol. The van der Waals surface area contributed by atoms with Crippen LogP contribution < -0.4 is 5.73 Å². The number of rotatable bonds is 3. The molecule has 4 heteroatoms. The number of pyridine rings is 1. The van der Waals surface area contributed by atoms with Crippen molar-refractivity contribution in [2.75, 3.05) is 18.8 Å². The van der Waals surface area contributed by atoms with Crippen molar-refractivity contribution in [3.05, 3.63) is 53.3 Å². The van der Waals surface area contributed by atoms with Gasteiger partial charge in [0.2, 0.25) is 0 Å². The molecule has 0 amide bonds. The first-order valence-corrected chi connectivity index (χ1v) is 10.4. The first-order valence-electron chi connectivity index (χ1n) is 10.4. The van der Waals surface area contributed by atoms with Crippen molar-refractivity contribution in [3.63, 3.8) is 0 Å². The minimum absolute atomic E-state index is 0.789. The van der Waals surface area contributed by atoms with Crippen LogP contribution >= 0.6 is 0 Å². The Kier molecular flexibility index (Phi) is 4.36. The van der Waals surface area contributed by atoms with Gasteiger partial charge in [0.05, 0.1) is 11.4 Å². The lowest BCUT2D eigenvalue weighted by atomic mass is 9.90. The van der Waals surface area contributed by atoms with E-state index in [1.807, 2.05) is 18.3 Å². The van der Waals surface area contributed by atoms with E-state index in [4.69, 9.17) is 10.7 Å². The van der Waals surface area contributed by atoms with Gasteiger partial charge in [-0.3, -0.25) is 4.90 Å². The second-order valence-electron chi connectivity index (χ2n) is 8.13. The molecule has 0 saturated carbocycles. The molecule has 0 bridgehead atoms. The molecule has 4 nitrogen and oxygen atoms in total. The largest absolute Gasteiger partial charge is 0.398 e. The summed E-state index contributed by atoms with van der Waals surface area (Å²) in [5.41, 5.74) is 14.6. The summed E-state index contributed by atoms with van der Waals surface area (Å²) in [6.07, 6.45) is 11.0. The third-order valence-electron chi connectivity index (χ3n) is 6.18. The Balaban J connectivity index is 1.61. The summed E-state index contributed by atoms with van der Waals surface area (Å²) in [5.74, 6) is 0. The van der Waals surface area contributed by atoms with E-state index in [9.17, 15) is 0 Å². The topological polar surface area (TPSA) is 46.6 Å². The number of likely N-dealkylation sites (tertiary alicyclic amines) is 1. The van der Waals surface area contributed by atoms with Crippen LogP contribution in [-0.2, 0) is 19.4 Å². The summed E-state index contributed by atoms with van der Waals surface area (Å²) in [6.45, 7) is 3.30. The minimum atomic E-state index is 0.789. The van der Waals surface area contributed by atoms with Gasteiger partial charge in [-0.1, -0.05) is 18.6 Å². The Morgan fingerprint density at radius 2 is 1.70 bits per heavy atom. The number of nitrogens with zero attached hydrogens (tertiary/aromatic N) is 3. The molecule has 5 rings (SSSR count). The molecule has 1 fully saturated rings. The fraction of sp³-hybridized carbons (Fsp3) is 0.435. The molecular weight excluding hydrogens is 332 g/mol. The highest BCUT2D eigenvalue weighted by atomic mass is 15.2. The number of nitrogen functional groups attached to an aromatic ring is 1. The molecule has 27 heavy (non-hydrogen) atoms. The summed E-state index contributed by atoms with van der Waals surface area (Å²) in [5, 5.41) is 0. The molecule has 2 aliphatic rings. The van der Waals surface area contributed by atoms with Crippen LogP contribution in [0.5, 0.6) is 0 Å². The lowest BCUT2D eigenvalue weighted by molar-refractivity contribution is 0.218. The molecular formula is C23H28N4. The standard InChI is InChI=1S/C23H28N4/c24-20-10-11-22-25-23(19-9-8-17-6-2-3-7-18(17)14-19)21(27(22)15-20)16-26-12-4-1-5-13-26/h8-11,14-15H,1-7,12-13,16,24H2. The number of aryl methyl sites for hydroxylation is 2. The number of imidazole rings is 1. The summed E-state index contributed by atoms with van der Waals surface area (Å²) >= 11 is 0. The number of piperidine rings is 1. The van der Waals surface area contributed by atoms with Gasteiger partial charge in [0.25, 0.3) is 0 Å². The molecule has 1 aliphatic heterocycles. The van der Waals surface area contributed by atoms with Crippen LogP contribution in [0.1, 0.15) is 48.9 Å². The SMILES string of the molecule is Nc1ccc2nc(-c3ccc4c(c3)CCCC4)c(CN3CCCCC3)n2c1. The maximum Gasteiger partial charge on any atom is 0.137 e. The van der Waals surface area contributed by atoms with Gasteiger partial charge in [-0.2, -0.15) is 0 Å². The summed E-state index contributed by atoms with van der Waals surface area (Å²) in [6, 6.07) is 11.0. The van der Waals surface area contributed by atoms with Crippen molar-refractivity contribution in [1.82, 2.24) is 14.3 Å². The number of hydrogen-bond acceptors (Lipinski definition) is 3. The Labute approximate surface area is 161 Å². The number of aromatic nitrogens is 2. The molecule has 1 saturated heterocycles. The normalized spacial score (nSPS) is 17.9. The van der Waals surface area contributed by atoms with Crippen molar-refractivity contribution in [2.24, 2.45) is 0 Å². The minimum Gasteiger partial charge on any atom is -0.398 e. The molecule has 0 atom stereocenters. The van der Waals surface area contributed by atoms with Gasteiger partial charge in [0.15, 0.2) is 0 Å². The van der Waals surface area contributed by atoms with E-state index < -0.39 is 0 Å². The fourth-order valence-electron chi connectivity index (χ4n) is 4.70. The quantitative estimate of drug-likeness (QED) is 0.751. The van der Waals surface area contributed by atoms with Crippen molar-refractivity contribution in [1.29, 1.82) is 0 Å². The van der Waals surface area contributed by atoms with E-state index in [2.05, 4.69) is 27.5 Å². The van der Waals surface area contributed by atoms with E-state index in [0.29, 0.717) is 0 Å². The Morgan fingerprint density at radius 1 is 0.889 bits per heavy atom. The first kappa shape index (κ1) is 16.8. The molecule has 0 unspecified atom stereocenters. The van der Waals surface area contributed by atoms with Gasteiger partial charge < -0.3 is 10.1 Å². The van der Waals surface area contributed by atoms with Crippen molar-refractivity contribution in [3.8, 4) is 11.3 Å². The van der Waals surface area contributed by atoms with E-state index in [1.54, 1.807) is 0 Å². The molecule has 3 aromatic rings. The number of fused-ring (bicyclic) bond motifs is 2.